The first-order valence-corrected chi connectivity index (χ1v) is 11.5. The van der Waals surface area contributed by atoms with Gasteiger partial charge in [-0.2, -0.15) is 0 Å². The van der Waals surface area contributed by atoms with Gasteiger partial charge in [0.2, 0.25) is 0 Å². The van der Waals surface area contributed by atoms with Crippen LogP contribution in [0.25, 0.3) is 0 Å². The molecule has 2 heterocycles. The Labute approximate surface area is 176 Å². The maximum atomic E-state index is 12.7. The zero-order valence-electron chi connectivity index (χ0n) is 15.9. The van der Waals surface area contributed by atoms with E-state index >= 15 is 0 Å². The average Bonchev–Trinajstić information content (AvgIpc) is 3.34. The van der Waals surface area contributed by atoms with Crippen molar-refractivity contribution in [3.8, 4) is 0 Å². The summed E-state index contributed by atoms with van der Waals surface area (Å²) in [5.74, 6) is 0.103. The minimum atomic E-state index is -3.32. The molecular weight excluding hydrogens is 428 g/mol. The fraction of sp³-hybridized carbons (Fsp3) is 0.263. The van der Waals surface area contributed by atoms with Gasteiger partial charge in [-0.3, -0.25) is 10.1 Å². The Morgan fingerprint density at radius 2 is 2.10 bits per heavy atom. The Bertz CT molecular complexity index is 1160. The van der Waals surface area contributed by atoms with E-state index in [0.717, 1.165) is 0 Å². The number of sulfone groups is 1. The van der Waals surface area contributed by atoms with Crippen molar-refractivity contribution < 1.29 is 22.6 Å². The lowest BCUT2D eigenvalue weighted by atomic mass is 10.1. The molecule has 156 valence electrons. The molecule has 1 fully saturated rings. The van der Waals surface area contributed by atoms with Gasteiger partial charge in [0.05, 0.1) is 10.1 Å². The van der Waals surface area contributed by atoms with E-state index in [9.17, 15) is 13.2 Å². The van der Waals surface area contributed by atoms with E-state index in [0.29, 0.717) is 35.0 Å². The van der Waals surface area contributed by atoms with Crippen LogP contribution in [0, 0.1) is 6.92 Å². The number of nitrogens with zero attached hydrogens (tertiary/aromatic N) is 3. The summed E-state index contributed by atoms with van der Waals surface area (Å²) in [6, 6.07) is 7.74. The number of carbonyl (C=O) groups excluding carboxylic acids is 1. The first kappa shape index (κ1) is 20.2. The van der Waals surface area contributed by atoms with Crippen LogP contribution >= 0.6 is 11.3 Å². The normalized spacial score (nSPS) is 14.5. The average molecular weight is 447 g/mol. The number of thiazole rings is 1. The molecule has 0 atom stereocenters. The lowest BCUT2D eigenvalue weighted by molar-refractivity contribution is -0.110. The molecule has 0 unspecified atom stereocenters. The molecule has 0 saturated heterocycles. The Balaban J connectivity index is 1.56. The van der Waals surface area contributed by atoms with E-state index in [1.807, 2.05) is 0 Å². The van der Waals surface area contributed by atoms with Crippen LogP contribution in [0.3, 0.4) is 0 Å². The number of hydrogen-bond donors (Lipinski definition) is 1. The van der Waals surface area contributed by atoms with E-state index in [2.05, 4.69) is 20.6 Å². The lowest BCUT2D eigenvalue weighted by Gasteiger charge is -2.08. The fourth-order valence-electron chi connectivity index (χ4n) is 2.69. The Hall–Kier alpha value is -3.05. The summed E-state index contributed by atoms with van der Waals surface area (Å²) >= 11 is 1.26. The van der Waals surface area contributed by atoms with Crippen molar-refractivity contribution in [3.63, 3.8) is 0 Å². The highest BCUT2D eigenvalue weighted by Crippen LogP contribution is 2.33. The van der Waals surface area contributed by atoms with Gasteiger partial charge in [0, 0.05) is 23.2 Å². The molecule has 9 nitrogen and oxygen atoms in total. The van der Waals surface area contributed by atoms with Crippen molar-refractivity contribution in [3.05, 3.63) is 58.9 Å². The second-order valence-corrected chi connectivity index (χ2v) is 9.83. The SMILES string of the molecule is Cc1cc(CON=C(C(=O)Nc2nccs2)c2ccc(S(=O)(=O)C3CC3)cc2)no1. The Morgan fingerprint density at radius 1 is 1.33 bits per heavy atom. The minimum Gasteiger partial charge on any atom is -0.388 e. The van der Waals surface area contributed by atoms with E-state index < -0.39 is 15.7 Å². The predicted octanol–water partition coefficient (Wildman–Crippen LogP) is 2.94. The molecule has 1 saturated carbocycles. The Kier molecular flexibility index (Phi) is 5.64. The number of nitrogens with one attached hydrogen (secondary N) is 1. The zero-order chi connectivity index (χ0) is 21.1. The highest BCUT2D eigenvalue weighted by atomic mass is 32.2. The molecule has 1 aliphatic carbocycles. The molecule has 0 radical (unpaired) electrons. The third kappa shape index (κ3) is 4.57. The van der Waals surface area contributed by atoms with Gasteiger partial charge in [-0.15, -0.1) is 11.3 Å². The summed E-state index contributed by atoms with van der Waals surface area (Å²) in [7, 11) is -3.32. The smallest absolute Gasteiger partial charge is 0.280 e. The van der Waals surface area contributed by atoms with Gasteiger partial charge in [0.15, 0.2) is 27.3 Å². The number of hydrogen-bond acceptors (Lipinski definition) is 9. The van der Waals surface area contributed by atoms with Crippen LogP contribution in [0.5, 0.6) is 0 Å². The molecule has 4 rings (SSSR count). The molecule has 3 aromatic rings. The van der Waals surface area contributed by atoms with Gasteiger partial charge in [-0.05, 0) is 31.9 Å². The van der Waals surface area contributed by atoms with Crippen LogP contribution in [0.1, 0.15) is 29.9 Å². The second kappa shape index (κ2) is 8.36. The van der Waals surface area contributed by atoms with Crippen molar-refractivity contribution in [1.82, 2.24) is 10.1 Å². The van der Waals surface area contributed by atoms with Crippen LogP contribution in [0.4, 0.5) is 5.13 Å². The number of carbonyl (C=O) groups is 1. The first-order valence-electron chi connectivity index (χ1n) is 9.11. The standard InChI is InChI=1S/C19H18N4O5S2/c1-12-10-14(22-28-12)11-27-23-17(18(24)21-19-20-8-9-29-19)13-2-4-15(5-3-13)30(25,26)16-6-7-16/h2-5,8-10,16H,6-7,11H2,1H3,(H,20,21,24). The number of rotatable bonds is 8. The summed E-state index contributed by atoms with van der Waals surface area (Å²) in [5, 5.41) is 12.3. The summed E-state index contributed by atoms with van der Waals surface area (Å²) < 4.78 is 29.8. The third-order valence-electron chi connectivity index (χ3n) is 4.33. The quantitative estimate of drug-likeness (QED) is 0.417. The molecule has 2 aromatic heterocycles. The Morgan fingerprint density at radius 3 is 2.70 bits per heavy atom. The monoisotopic (exact) mass is 446 g/mol. The van der Waals surface area contributed by atoms with E-state index in [-0.39, 0.29) is 22.5 Å². The van der Waals surface area contributed by atoms with Crippen LogP contribution in [-0.4, -0.2) is 35.4 Å². The fourth-order valence-corrected chi connectivity index (χ4v) is 4.87. The molecule has 11 heteroatoms. The molecule has 1 aliphatic rings. The molecule has 1 amide bonds. The van der Waals surface area contributed by atoms with Gasteiger partial charge in [0.25, 0.3) is 5.91 Å². The molecular formula is C19H18N4O5S2. The van der Waals surface area contributed by atoms with Gasteiger partial charge in [-0.25, -0.2) is 13.4 Å². The number of oxime groups is 1. The van der Waals surface area contributed by atoms with Crippen molar-refractivity contribution in [1.29, 1.82) is 0 Å². The lowest BCUT2D eigenvalue weighted by Crippen LogP contribution is -2.24. The number of amides is 1. The highest BCUT2D eigenvalue weighted by molar-refractivity contribution is 7.92. The van der Waals surface area contributed by atoms with Crippen molar-refractivity contribution in [2.24, 2.45) is 5.16 Å². The van der Waals surface area contributed by atoms with Gasteiger partial charge >= 0.3 is 0 Å². The topological polar surface area (TPSA) is 124 Å². The van der Waals surface area contributed by atoms with Crippen LogP contribution in [0.2, 0.25) is 0 Å². The summed E-state index contributed by atoms with van der Waals surface area (Å²) in [6.07, 6.45) is 2.93. The van der Waals surface area contributed by atoms with Crippen LogP contribution in [0.15, 0.2) is 56.5 Å². The number of anilines is 1. The highest BCUT2D eigenvalue weighted by Gasteiger charge is 2.36. The summed E-state index contributed by atoms with van der Waals surface area (Å²) in [4.78, 5) is 22.3. The summed E-state index contributed by atoms with van der Waals surface area (Å²) in [6.45, 7) is 1.77. The van der Waals surface area contributed by atoms with Crippen LogP contribution < -0.4 is 5.32 Å². The first-order chi connectivity index (χ1) is 14.4. The zero-order valence-corrected chi connectivity index (χ0v) is 17.6. The van der Waals surface area contributed by atoms with E-state index in [1.54, 1.807) is 36.7 Å². The molecule has 1 N–H and O–H groups in total. The number of benzene rings is 1. The summed E-state index contributed by atoms with van der Waals surface area (Å²) in [5.41, 5.74) is 0.928. The molecule has 0 aliphatic heterocycles. The molecule has 30 heavy (non-hydrogen) atoms. The van der Waals surface area contributed by atoms with Crippen LogP contribution in [-0.2, 0) is 26.1 Å². The van der Waals surface area contributed by atoms with E-state index in [4.69, 9.17) is 9.36 Å². The van der Waals surface area contributed by atoms with Gasteiger partial charge in [0.1, 0.15) is 11.5 Å². The van der Waals surface area contributed by atoms with Crippen molar-refractivity contribution in [2.45, 2.75) is 36.5 Å². The molecule has 0 bridgehead atoms. The third-order valence-corrected chi connectivity index (χ3v) is 7.30. The maximum absolute atomic E-state index is 12.7. The van der Waals surface area contributed by atoms with Gasteiger partial charge in [-0.1, -0.05) is 22.4 Å². The van der Waals surface area contributed by atoms with E-state index in [1.165, 1.54) is 23.5 Å². The minimum absolute atomic E-state index is 0.0132. The van der Waals surface area contributed by atoms with Crippen molar-refractivity contribution >= 4 is 37.9 Å². The second-order valence-electron chi connectivity index (χ2n) is 6.70. The van der Waals surface area contributed by atoms with Crippen molar-refractivity contribution in [2.75, 3.05) is 5.32 Å². The largest absolute Gasteiger partial charge is 0.388 e. The number of aryl methyl sites for hydroxylation is 1. The predicted molar refractivity (Wildman–Crippen MR) is 110 cm³/mol. The van der Waals surface area contributed by atoms with Gasteiger partial charge < -0.3 is 9.36 Å². The number of aromatic nitrogens is 2. The molecule has 1 aromatic carbocycles. The maximum Gasteiger partial charge on any atom is 0.280 e. The molecule has 0 spiro atoms.